The number of azo groups is 1. The van der Waals surface area contributed by atoms with Crippen LogP contribution in [-0.4, -0.2) is 10.2 Å². The van der Waals surface area contributed by atoms with Crippen molar-refractivity contribution in [3.63, 3.8) is 0 Å². The number of rotatable bonds is 3. The molecule has 0 radical (unpaired) electrons. The van der Waals surface area contributed by atoms with Gasteiger partial charge in [-0.05, 0) is 36.4 Å². The molecule has 19 heavy (non-hydrogen) atoms. The van der Waals surface area contributed by atoms with Crippen molar-refractivity contribution < 1.29 is 4.42 Å². The van der Waals surface area contributed by atoms with Crippen LogP contribution in [0.25, 0.3) is 11.5 Å². The third-order valence-electron chi connectivity index (χ3n) is 2.51. The second kappa shape index (κ2) is 5.22. The summed E-state index contributed by atoms with van der Waals surface area (Å²) in [6, 6.07) is 17.0. The predicted molar refractivity (Wildman–Crippen MR) is 70.4 cm³/mol. The second-order valence-electron chi connectivity index (χ2n) is 3.83. The summed E-state index contributed by atoms with van der Waals surface area (Å²) in [5.41, 5.74) is 2.45. The van der Waals surface area contributed by atoms with E-state index in [9.17, 15) is 0 Å². The largest absolute Gasteiger partial charge is 0.423 e. The van der Waals surface area contributed by atoms with Gasteiger partial charge < -0.3 is 4.42 Å². The first kappa shape index (κ1) is 11.3. The second-order valence-corrected chi connectivity index (χ2v) is 3.83. The summed E-state index contributed by atoms with van der Waals surface area (Å²) in [6.07, 6.45) is 1.30. The van der Waals surface area contributed by atoms with Crippen molar-refractivity contribution in [2.24, 2.45) is 10.2 Å². The molecule has 0 amide bonds. The minimum Gasteiger partial charge on any atom is -0.423 e. The van der Waals surface area contributed by atoms with Gasteiger partial charge in [0.05, 0.1) is 11.4 Å². The van der Waals surface area contributed by atoms with Gasteiger partial charge >= 0.3 is 0 Å². The van der Waals surface area contributed by atoms with Gasteiger partial charge in [-0.1, -0.05) is 18.2 Å². The molecular weight excluding hydrogens is 240 g/mol. The van der Waals surface area contributed by atoms with E-state index in [-0.39, 0.29) is 0 Å². The van der Waals surface area contributed by atoms with Gasteiger partial charge in [-0.3, -0.25) is 0 Å². The molecule has 0 aliphatic heterocycles. The molecule has 1 aromatic heterocycles. The predicted octanol–water partition coefficient (Wildman–Crippen LogP) is 4.15. The first-order chi connectivity index (χ1) is 9.42. The number of nitrogens with zero attached hydrogens (tertiary/aromatic N) is 4. The van der Waals surface area contributed by atoms with Gasteiger partial charge in [-0.2, -0.15) is 10.2 Å². The van der Waals surface area contributed by atoms with Crippen LogP contribution in [0.4, 0.5) is 11.4 Å². The molecule has 2 aromatic carbocycles. The molecule has 0 bridgehead atoms. The van der Waals surface area contributed by atoms with Crippen molar-refractivity contribution >= 4 is 11.4 Å². The van der Waals surface area contributed by atoms with Gasteiger partial charge in [-0.15, -0.1) is 10.2 Å². The van der Waals surface area contributed by atoms with Crippen molar-refractivity contribution in [1.29, 1.82) is 0 Å². The van der Waals surface area contributed by atoms with Gasteiger partial charge in [0.2, 0.25) is 12.3 Å². The SMILES string of the molecule is c1ccc(N=Nc2ccc(-c3nnco3)cc2)cc1. The molecule has 3 rings (SSSR count). The van der Waals surface area contributed by atoms with Crippen molar-refractivity contribution in [3.05, 3.63) is 61.0 Å². The Morgan fingerprint density at radius 2 is 1.47 bits per heavy atom. The van der Waals surface area contributed by atoms with Crippen LogP contribution in [0.1, 0.15) is 0 Å². The van der Waals surface area contributed by atoms with E-state index in [2.05, 4.69) is 20.4 Å². The number of benzene rings is 2. The van der Waals surface area contributed by atoms with Crippen LogP contribution in [-0.2, 0) is 0 Å². The lowest BCUT2D eigenvalue weighted by Crippen LogP contribution is -1.76. The molecule has 0 saturated heterocycles. The van der Waals surface area contributed by atoms with E-state index in [0.29, 0.717) is 5.89 Å². The molecule has 92 valence electrons. The normalized spacial score (nSPS) is 10.9. The molecular formula is C14H10N4O. The summed E-state index contributed by atoms with van der Waals surface area (Å²) in [5, 5.41) is 15.8. The highest BCUT2D eigenvalue weighted by Gasteiger charge is 2.02. The van der Waals surface area contributed by atoms with E-state index in [1.807, 2.05) is 54.6 Å². The van der Waals surface area contributed by atoms with Crippen LogP contribution in [0.15, 0.2) is 75.6 Å². The zero-order valence-electron chi connectivity index (χ0n) is 9.97. The molecule has 0 saturated carbocycles. The maximum Gasteiger partial charge on any atom is 0.247 e. The highest BCUT2D eigenvalue weighted by molar-refractivity contribution is 5.56. The molecule has 5 heteroatoms. The lowest BCUT2D eigenvalue weighted by molar-refractivity contribution is 0.568. The molecule has 0 N–H and O–H groups in total. The average Bonchev–Trinajstić information content (AvgIpc) is 3.01. The van der Waals surface area contributed by atoms with E-state index in [0.717, 1.165) is 16.9 Å². The van der Waals surface area contributed by atoms with E-state index in [1.165, 1.54) is 6.39 Å². The molecule has 1 heterocycles. The molecule has 5 nitrogen and oxygen atoms in total. The standard InChI is InChI=1S/C14H10N4O/c1-2-4-12(5-3-1)16-17-13-8-6-11(7-9-13)14-18-15-10-19-14/h1-10H. The van der Waals surface area contributed by atoms with Gasteiger partial charge in [0.15, 0.2) is 0 Å². The molecule has 0 spiro atoms. The number of hydrogen-bond acceptors (Lipinski definition) is 5. The quantitative estimate of drug-likeness (QED) is 0.656. The van der Waals surface area contributed by atoms with E-state index in [1.54, 1.807) is 0 Å². The summed E-state index contributed by atoms with van der Waals surface area (Å²) in [4.78, 5) is 0. The summed E-state index contributed by atoms with van der Waals surface area (Å²) in [5.74, 6) is 0.492. The summed E-state index contributed by atoms with van der Waals surface area (Å²) >= 11 is 0. The Morgan fingerprint density at radius 1 is 0.789 bits per heavy atom. The van der Waals surface area contributed by atoms with Crippen molar-refractivity contribution in [1.82, 2.24) is 10.2 Å². The van der Waals surface area contributed by atoms with Gasteiger partial charge in [0.25, 0.3) is 0 Å². The fourth-order valence-corrected chi connectivity index (χ4v) is 1.58. The molecule has 0 fully saturated rings. The van der Waals surface area contributed by atoms with E-state index >= 15 is 0 Å². The molecule has 0 atom stereocenters. The lowest BCUT2D eigenvalue weighted by atomic mass is 10.2. The number of hydrogen-bond donors (Lipinski definition) is 0. The topological polar surface area (TPSA) is 63.6 Å². The van der Waals surface area contributed by atoms with Crippen LogP contribution >= 0.6 is 0 Å². The van der Waals surface area contributed by atoms with E-state index in [4.69, 9.17) is 4.42 Å². The van der Waals surface area contributed by atoms with Gasteiger partial charge in [0.1, 0.15) is 0 Å². The summed E-state index contributed by atoms with van der Waals surface area (Å²) in [6.45, 7) is 0. The Kier molecular flexibility index (Phi) is 3.10. The Hall–Kier alpha value is -2.82. The third-order valence-corrected chi connectivity index (χ3v) is 2.51. The summed E-state index contributed by atoms with van der Waals surface area (Å²) in [7, 11) is 0. The van der Waals surface area contributed by atoms with Crippen LogP contribution in [0, 0.1) is 0 Å². The van der Waals surface area contributed by atoms with Gasteiger partial charge in [0, 0.05) is 5.56 Å². The Balaban J connectivity index is 1.78. The Bertz CT molecular complexity index is 660. The van der Waals surface area contributed by atoms with Crippen molar-refractivity contribution in [2.45, 2.75) is 0 Å². The van der Waals surface area contributed by atoms with Crippen LogP contribution in [0.3, 0.4) is 0 Å². The zero-order chi connectivity index (χ0) is 12.9. The lowest BCUT2D eigenvalue weighted by Gasteiger charge is -1.95. The zero-order valence-corrected chi connectivity index (χ0v) is 9.97. The smallest absolute Gasteiger partial charge is 0.247 e. The first-order valence-corrected chi connectivity index (χ1v) is 5.75. The fourth-order valence-electron chi connectivity index (χ4n) is 1.58. The average molecular weight is 250 g/mol. The molecule has 3 aromatic rings. The Labute approximate surface area is 109 Å². The monoisotopic (exact) mass is 250 g/mol. The summed E-state index contributed by atoms with van der Waals surface area (Å²) < 4.78 is 5.11. The Morgan fingerprint density at radius 3 is 2.11 bits per heavy atom. The van der Waals surface area contributed by atoms with Crippen LogP contribution in [0.5, 0.6) is 0 Å². The highest BCUT2D eigenvalue weighted by atomic mass is 16.4. The molecule has 0 aliphatic carbocycles. The van der Waals surface area contributed by atoms with Crippen molar-refractivity contribution in [2.75, 3.05) is 0 Å². The minimum absolute atomic E-state index is 0.492. The molecule has 0 unspecified atom stereocenters. The minimum atomic E-state index is 0.492. The maximum absolute atomic E-state index is 5.11. The third kappa shape index (κ3) is 2.71. The van der Waals surface area contributed by atoms with Gasteiger partial charge in [-0.25, -0.2) is 0 Å². The maximum atomic E-state index is 5.11. The van der Waals surface area contributed by atoms with E-state index < -0.39 is 0 Å². The number of aromatic nitrogens is 2. The highest BCUT2D eigenvalue weighted by Crippen LogP contribution is 2.22. The van der Waals surface area contributed by atoms with Crippen molar-refractivity contribution in [3.8, 4) is 11.5 Å². The van der Waals surface area contributed by atoms with Crippen LogP contribution < -0.4 is 0 Å². The molecule has 0 aliphatic rings. The first-order valence-electron chi connectivity index (χ1n) is 5.75. The van der Waals surface area contributed by atoms with Crippen LogP contribution in [0.2, 0.25) is 0 Å². The fraction of sp³-hybridized carbons (Fsp3) is 0.